The molecule has 0 aliphatic heterocycles. The first-order valence-electron chi connectivity index (χ1n) is 7.31. The number of azo groups is 1. The molecule has 0 saturated carbocycles. The van der Waals surface area contributed by atoms with Gasteiger partial charge >= 0.3 is 0 Å². The summed E-state index contributed by atoms with van der Waals surface area (Å²) < 4.78 is 0. The molecule has 1 amide bonds. The van der Waals surface area contributed by atoms with Crippen molar-refractivity contribution in [2.75, 3.05) is 5.32 Å². The van der Waals surface area contributed by atoms with Crippen LogP contribution >= 0.6 is 0 Å². The number of hydrogen-bond acceptors (Lipinski definition) is 6. The molecule has 0 aliphatic carbocycles. The van der Waals surface area contributed by atoms with Crippen LogP contribution in [0.3, 0.4) is 0 Å². The van der Waals surface area contributed by atoms with E-state index in [1.807, 2.05) is 19.1 Å². The SMILES string of the molecule is C/C(O)=C(\N=Nc1ccc([N+](=O)[O-])cc1)C(=O)Nc1ccccc1C. The average Bonchev–Trinajstić information content (AvgIpc) is 2.57. The first-order chi connectivity index (χ1) is 11.9. The van der Waals surface area contributed by atoms with Gasteiger partial charge in [0.1, 0.15) is 5.76 Å². The van der Waals surface area contributed by atoms with E-state index in [2.05, 4.69) is 15.5 Å². The number of carbonyl (C=O) groups is 1. The smallest absolute Gasteiger partial charge is 0.279 e. The number of anilines is 1. The van der Waals surface area contributed by atoms with Crippen molar-refractivity contribution in [1.29, 1.82) is 0 Å². The number of rotatable bonds is 5. The van der Waals surface area contributed by atoms with Crippen LogP contribution in [0.5, 0.6) is 0 Å². The van der Waals surface area contributed by atoms with Gasteiger partial charge in [0, 0.05) is 17.8 Å². The van der Waals surface area contributed by atoms with E-state index in [9.17, 15) is 20.0 Å². The van der Waals surface area contributed by atoms with Crippen molar-refractivity contribution >= 4 is 23.0 Å². The van der Waals surface area contributed by atoms with E-state index >= 15 is 0 Å². The van der Waals surface area contributed by atoms with E-state index in [1.54, 1.807) is 12.1 Å². The second-order valence-corrected chi connectivity index (χ2v) is 5.18. The second kappa shape index (κ2) is 7.82. The molecular weight excluding hydrogens is 324 g/mol. The Morgan fingerprint density at radius 1 is 1.16 bits per heavy atom. The molecule has 0 bridgehead atoms. The van der Waals surface area contributed by atoms with Crippen LogP contribution in [0, 0.1) is 17.0 Å². The Balaban J connectivity index is 2.18. The van der Waals surface area contributed by atoms with Gasteiger partial charge in [-0.05, 0) is 37.6 Å². The highest BCUT2D eigenvalue weighted by Crippen LogP contribution is 2.20. The first-order valence-corrected chi connectivity index (χ1v) is 7.31. The third-order valence-electron chi connectivity index (χ3n) is 3.28. The third-order valence-corrected chi connectivity index (χ3v) is 3.28. The summed E-state index contributed by atoms with van der Waals surface area (Å²) in [6.45, 7) is 3.16. The summed E-state index contributed by atoms with van der Waals surface area (Å²) >= 11 is 0. The number of benzene rings is 2. The van der Waals surface area contributed by atoms with Gasteiger partial charge in [0.15, 0.2) is 5.70 Å². The number of amides is 1. The monoisotopic (exact) mass is 340 g/mol. The number of allylic oxidation sites excluding steroid dienone is 1. The number of nitrogens with one attached hydrogen (secondary N) is 1. The van der Waals surface area contributed by atoms with Crippen LogP contribution in [0.4, 0.5) is 17.1 Å². The highest BCUT2D eigenvalue weighted by Gasteiger charge is 2.14. The van der Waals surface area contributed by atoms with E-state index in [0.717, 1.165) is 5.56 Å². The summed E-state index contributed by atoms with van der Waals surface area (Å²) in [6.07, 6.45) is 0. The standard InChI is InChI=1S/C17H16N4O4/c1-11-5-3-4-6-15(11)18-17(23)16(12(2)22)20-19-13-7-9-14(10-8-13)21(24)25/h3-10,22H,1-2H3,(H,18,23)/b16-12+,20-19?. The molecule has 0 atom stereocenters. The number of non-ortho nitro benzene ring substituents is 1. The Labute approximate surface area is 143 Å². The molecule has 8 nitrogen and oxygen atoms in total. The van der Waals surface area contributed by atoms with E-state index in [4.69, 9.17) is 0 Å². The largest absolute Gasteiger partial charge is 0.510 e. The molecule has 2 N–H and O–H groups in total. The van der Waals surface area contributed by atoms with Gasteiger partial charge in [-0.3, -0.25) is 14.9 Å². The minimum Gasteiger partial charge on any atom is -0.510 e. The van der Waals surface area contributed by atoms with Crippen LogP contribution in [-0.4, -0.2) is 15.9 Å². The van der Waals surface area contributed by atoms with Crippen molar-refractivity contribution in [2.45, 2.75) is 13.8 Å². The lowest BCUT2D eigenvalue weighted by molar-refractivity contribution is -0.384. The third kappa shape index (κ3) is 4.71. The molecule has 0 radical (unpaired) electrons. The normalized spacial score (nSPS) is 11.9. The number of hydrogen-bond donors (Lipinski definition) is 2. The van der Waals surface area contributed by atoms with Gasteiger partial charge in [-0.15, -0.1) is 5.11 Å². The molecular formula is C17H16N4O4. The Hall–Kier alpha value is -3.55. The molecule has 0 unspecified atom stereocenters. The predicted molar refractivity (Wildman–Crippen MR) is 92.7 cm³/mol. The van der Waals surface area contributed by atoms with Gasteiger partial charge in [0.2, 0.25) is 0 Å². The fourth-order valence-electron chi connectivity index (χ4n) is 1.93. The number of carbonyl (C=O) groups excluding carboxylic acids is 1. The molecule has 128 valence electrons. The highest BCUT2D eigenvalue weighted by atomic mass is 16.6. The summed E-state index contributed by atoms with van der Waals surface area (Å²) in [5.74, 6) is -0.906. The zero-order valence-corrected chi connectivity index (χ0v) is 13.6. The van der Waals surface area contributed by atoms with Crippen molar-refractivity contribution < 1.29 is 14.8 Å². The number of para-hydroxylation sites is 1. The average molecular weight is 340 g/mol. The maximum atomic E-state index is 12.3. The molecule has 2 rings (SSSR count). The van der Waals surface area contributed by atoms with Crippen LogP contribution in [0.2, 0.25) is 0 Å². The molecule has 25 heavy (non-hydrogen) atoms. The molecule has 0 spiro atoms. The van der Waals surface area contributed by atoms with E-state index in [-0.39, 0.29) is 17.1 Å². The van der Waals surface area contributed by atoms with Crippen LogP contribution in [0.1, 0.15) is 12.5 Å². The molecule has 8 heteroatoms. The first kappa shape index (κ1) is 17.8. The molecule has 0 heterocycles. The van der Waals surface area contributed by atoms with Gasteiger partial charge in [0.25, 0.3) is 11.6 Å². The van der Waals surface area contributed by atoms with Gasteiger partial charge in [0.05, 0.1) is 10.6 Å². The van der Waals surface area contributed by atoms with Crippen molar-refractivity contribution in [3.8, 4) is 0 Å². The number of aryl methyl sites for hydroxylation is 1. The van der Waals surface area contributed by atoms with Crippen molar-refractivity contribution in [3.05, 3.63) is 75.7 Å². The lowest BCUT2D eigenvalue weighted by Crippen LogP contribution is -2.15. The lowest BCUT2D eigenvalue weighted by atomic mass is 10.2. The van der Waals surface area contributed by atoms with E-state index in [1.165, 1.54) is 31.2 Å². The topological polar surface area (TPSA) is 117 Å². The highest BCUT2D eigenvalue weighted by molar-refractivity contribution is 6.04. The fraction of sp³-hybridized carbons (Fsp3) is 0.118. The number of nitrogens with zero attached hydrogens (tertiary/aromatic N) is 3. The zero-order valence-electron chi connectivity index (χ0n) is 13.6. The Morgan fingerprint density at radius 2 is 1.80 bits per heavy atom. The van der Waals surface area contributed by atoms with Crippen LogP contribution < -0.4 is 5.32 Å². The van der Waals surface area contributed by atoms with Crippen molar-refractivity contribution in [1.82, 2.24) is 0 Å². The van der Waals surface area contributed by atoms with Crippen LogP contribution in [-0.2, 0) is 4.79 Å². The fourth-order valence-corrected chi connectivity index (χ4v) is 1.93. The Morgan fingerprint density at radius 3 is 2.36 bits per heavy atom. The van der Waals surface area contributed by atoms with Crippen LogP contribution in [0.15, 0.2) is 70.2 Å². The van der Waals surface area contributed by atoms with Crippen molar-refractivity contribution in [2.24, 2.45) is 10.2 Å². The molecule has 0 fully saturated rings. The molecule has 0 aromatic heterocycles. The summed E-state index contributed by atoms with van der Waals surface area (Å²) in [5.41, 5.74) is 1.44. The molecule has 2 aromatic rings. The summed E-state index contributed by atoms with van der Waals surface area (Å²) in [7, 11) is 0. The predicted octanol–water partition coefficient (Wildman–Crippen LogP) is 4.42. The molecule has 2 aromatic carbocycles. The zero-order chi connectivity index (χ0) is 18.4. The number of nitro groups is 1. The van der Waals surface area contributed by atoms with Gasteiger partial charge in [-0.25, -0.2) is 0 Å². The van der Waals surface area contributed by atoms with E-state index in [0.29, 0.717) is 11.4 Å². The second-order valence-electron chi connectivity index (χ2n) is 5.18. The number of aliphatic hydroxyl groups excluding tert-OH is 1. The summed E-state index contributed by atoms with van der Waals surface area (Å²) in [6, 6.07) is 12.5. The summed E-state index contributed by atoms with van der Waals surface area (Å²) in [4.78, 5) is 22.4. The maximum Gasteiger partial charge on any atom is 0.279 e. The van der Waals surface area contributed by atoms with Gasteiger partial charge in [-0.1, -0.05) is 18.2 Å². The minimum atomic E-state index is -0.611. The maximum absolute atomic E-state index is 12.3. The Kier molecular flexibility index (Phi) is 5.57. The Bertz CT molecular complexity index is 853. The molecule has 0 aliphatic rings. The number of aliphatic hydroxyl groups is 1. The molecule has 0 saturated heterocycles. The van der Waals surface area contributed by atoms with E-state index < -0.39 is 10.8 Å². The van der Waals surface area contributed by atoms with Crippen molar-refractivity contribution in [3.63, 3.8) is 0 Å². The van der Waals surface area contributed by atoms with Crippen LogP contribution in [0.25, 0.3) is 0 Å². The van der Waals surface area contributed by atoms with Gasteiger partial charge < -0.3 is 10.4 Å². The lowest BCUT2D eigenvalue weighted by Gasteiger charge is -2.08. The van der Waals surface area contributed by atoms with Gasteiger partial charge in [-0.2, -0.15) is 5.11 Å². The minimum absolute atomic E-state index is 0.0784. The summed E-state index contributed by atoms with van der Waals surface area (Å²) in [5, 5.41) is 30.6. The number of nitro benzene ring substituents is 1. The quantitative estimate of drug-likeness (QED) is 0.275.